The number of halogens is 1. The average Bonchev–Trinajstić information content (AvgIpc) is 3.50. The van der Waals surface area contributed by atoms with Gasteiger partial charge < -0.3 is 23.2 Å². The van der Waals surface area contributed by atoms with E-state index in [0.717, 1.165) is 28.3 Å². The summed E-state index contributed by atoms with van der Waals surface area (Å²) in [5.41, 5.74) is 3.17. The van der Waals surface area contributed by atoms with Gasteiger partial charge in [0.05, 0.1) is 25.8 Å². The molecule has 0 aliphatic heterocycles. The van der Waals surface area contributed by atoms with E-state index < -0.39 is 0 Å². The number of ether oxygens (including phenoxy) is 2. The van der Waals surface area contributed by atoms with Crippen molar-refractivity contribution in [1.82, 2.24) is 9.97 Å². The van der Waals surface area contributed by atoms with Crippen molar-refractivity contribution in [2.24, 2.45) is 0 Å². The lowest BCUT2D eigenvalue weighted by Crippen LogP contribution is -1.83. The summed E-state index contributed by atoms with van der Waals surface area (Å²) in [4.78, 5) is 11.7. The Morgan fingerprint density at radius 2 is 1.26 bits per heavy atom. The predicted molar refractivity (Wildman–Crippen MR) is 117 cm³/mol. The molecule has 7 nitrogen and oxygen atoms in total. The standard InChI is InChI=1S/C12H10N2O2.C11H10ClNO2/c1-13-7-10-8-16-12(14-10)9-3-5-11(15-2)6-4-9;1-14-10-4-2-8(3-5-10)11-13-9(6-12)7-15-11/h3-6,8H,7H2,2H3;2-5,7H,6H2,1H3. The molecule has 0 spiro atoms. The molecule has 0 saturated carbocycles. The first-order valence-electron chi connectivity index (χ1n) is 9.23. The number of rotatable bonds is 6. The van der Waals surface area contributed by atoms with Crippen molar-refractivity contribution in [2.75, 3.05) is 14.2 Å². The summed E-state index contributed by atoms with van der Waals surface area (Å²) >= 11 is 5.63. The van der Waals surface area contributed by atoms with Crippen LogP contribution in [0.4, 0.5) is 0 Å². The van der Waals surface area contributed by atoms with E-state index in [0.29, 0.717) is 23.4 Å². The number of hydrogen-bond donors (Lipinski definition) is 0. The van der Waals surface area contributed by atoms with Gasteiger partial charge in [-0.25, -0.2) is 16.5 Å². The third-order valence-electron chi connectivity index (χ3n) is 4.16. The van der Waals surface area contributed by atoms with Gasteiger partial charge in [0.2, 0.25) is 11.8 Å². The van der Waals surface area contributed by atoms with Gasteiger partial charge in [-0.3, -0.25) is 0 Å². The first-order chi connectivity index (χ1) is 15.2. The molecular formula is C23H20ClN3O4. The van der Waals surface area contributed by atoms with Crippen LogP contribution in [0.3, 0.4) is 0 Å². The molecule has 0 atom stereocenters. The maximum Gasteiger partial charge on any atom is 0.259 e. The fourth-order valence-electron chi connectivity index (χ4n) is 2.56. The van der Waals surface area contributed by atoms with Crippen molar-refractivity contribution >= 4 is 11.6 Å². The van der Waals surface area contributed by atoms with Gasteiger partial charge in [-0.2, -0.15) is 0 Å². The summed E-state index contributed by atoms with van der Waals surface area (Å²) in [5, 5.41) is 0. The second-order valence-electron chi connectivity index (χ2n) is 6.19. The minimum absolute atomic E-state index is 0.250. The Labute approximate surface area is 185 Å². The SMILES string of the molecule is COc1ccc(-c2nc(CCl)co2)cc1.[C-]#[N+]Cc1coc(-c2ccc(OC)cc2)n1. The third-order valence-corrected chi connectivity index (χ3v) is 4.43. The number of alkyl halides is 1. The molecule has 0 N–H and O–H groups in total. The summed E-state index contributed by atoms with van der Waals surface area (Å²) in [6.07, 6.45) is 3.07. The van der Waals surface area contributed by atoms with Crippen LogP contribution in [0, 0.1) is 6.57 Å². The predicted octanol–water partition coefficient (Wildman–Crippen LogP) is 5.86. The molecule has 4 aromatic rings. The van der Waals surface area contributed by atoms with Crippen molar-refractivity contribution in [3.05, 3.63) is 83.9 Å². The second kappa shape index (κ2) is 10.9. The van der Waals surface area contributed by atoms with Crippen molar-refractivity contribution in [3.8, 4) is 34.4 Å². The van der Waals surface area contributed by atoms with E-state index in [1.54, 1.807) is 20.5 Å². The molecule has 0 bridgehead atoms. The lowest BCUT2D eigenvalue weighted by molar-refractivity contribution is 0.414. The van der Waals surface area contributed by atoms with Crippen LogP contribution >= 0.6 is 11.6 Å². The first kappa shape index (κ1) is 21.9. The number of hydrogen-bond acceptors (Lipinski definition) is 6. The van der Waals surface area contributed by atoms with Crippen LogP contribution in [-0.4, -0.2) is 24.2 Å². The smallest absolute Gasteiger partial charge is 0.259 e. The Balaban J connectivity index is 0.000000176. The average molecular weight is 438 g/mol. The van der Waals surface area contributed by atoms with Crippen LogP contribution in [0.25, 0.3) is 27.8 Å². The molecule has 0 fully saturated rings. The minimum atomic E-state index is 0.250. The maximum absolute atomic E-state index is 6.73. The lowest BCUT2D eigenvalue weighted by atomic mass is 10.2. The van der Waals surface area contributed by atoms with Gasteiger partial charge in [0.15, 0.2) is 5.69 Å². The number of nitrogens with zero attached hydrogens (tertiary/aromatic N) is 3. The molecule has 31 heavy (non-hydrogen) atoms. The zero-order chi connectivity index (χ0) is 22.1. The van der Waals surface area contributed by atoms with Crippen LogP contribution in [0.1, 0.15) is 11.4 Å². The first-order valence-corrected chi connectivity index (χ1v) is 9.77. The third kappa shape index (κ3) is 5.87. The van der Waals surface area contributed by atoms with Gasteiger partial charge in [-0.1, -0.05) is 0 Å². The van der Waals surface area contributed by atoms with Crippen LogP contribution in [0.2, 0.25) is 0 Å². The molecule has 0 radical (unpaired) electrons. The molecule has 4 rings (SSSR count). The number of methoxy groups -OCH3 is 2. The molecule has 0 unspecified atom stereocenters. The quantitative estimate of drug-likeness (QED) is 0.278. The summed E-state index contributed by atoms with van der Waals surface area (Å²) < 4.78 is 20.7. The van der Waals surface area contributed by atoms with E-state index in [1.165, 1.54) is 6.26 Å². The number of aromatic nitrogens is 2. The van der Waals surface area contributed by atoms with Crippen molar-refractivity contribution in [3.63, 3.8) is 0 Å². The number of benzene rings is 2. The van der Waals surface area contributed by atoms with Crippen LogP contribution in [0.15, 0.2) is 69.9 Å². The zero-order valence-electron chi connectivity index (χ0n) is 17.0. The molecule has 8 heteroatoms. The van der Waals surface area contributed by atoms with E-state index in [4.69, 9.17) is 36.5 Å². The fourth-order valence-corrected chi connectivity index (χ4v) is 2.68. The topological polar surface area (TPSA) is 74.9 Å². The largest absolute Gasteiger partial charge is 0.497 e. The van der Waals surface area contributed by atoms with Crippen LogP contribution in [0.5, 0.6) is 11.5 Å². The molecule has 158 valence electrons. The van der Waals surface area contributed by atoms with Gasteiger partial charge in [-0.05, 0) is 48.5 Å². The highest BCUT2D eigenvalue weighted by molar-refractivity contribution is 6.16. The van der Waals surface area contributed by atoms with Gasteiger partial charge in [0.25, 0.3) is 6.54 Å². The molecule has 2 aromatic carbocycles. The highest BCUT2D eigenvalue weighted by atomic mass is 35.5. The highest BCUT2D eigenvalue weighted by Gasteiger charge is 2.08. The minimum Gasteiger partial charge on any atom is -0.497 e. The summed E-state index contributed by atoms with van der Waals surface area (Å²) in [6, 6.07) is 14.9. The molecular weight excluding hydrogens is 418 g/mol. The molecule has 0 aliphatic carbocycles. The van der Waals surface area contributed by atoms with Gasteiger partial charge in [0, 0.05) is 11.1 Å². The Kier molecular flexibility index (Phi) is 7.68. The summed E-state index contributed by atoms with van der Waals surface area (Å²) in [7, 11) is 3.25. The summed E-state index contributed by atoms with van der Waals surface area (Å²) in [6.45, 7) is 6.98. The monoisotopic (exact) mass is 437 g/mol. The van der Waals surface area contributed by atoms with Crippen LogP contribution in [-0.2, 0) is 12.4 Å². The van der Waals surface area contributed by atoms with E-state index in [1.807, 2.05) is 48.5 Å². The molecule has 0 aliphatic rings. The number of oxazole rings is 2. The normalized spacial score (nSPS) is 10.0. The maximum atomic E-state index is 6.73. The van der Waals surface area contributed by atoms with Gasteiger partial charge >= 0.3 is 0 Å². The van der Waals surface area contributed by atoms with Gasteiger partial charge in [-0.15, -0.1) is 11.6 Å². The lowest BCUT2D eigenvalue weighted by Gasteiger charge is -1.99. The molecule has 0 saturated heterocycles. The van der Waals surface area contributed by atoms with Crippen molar-refractivity contribution in [1.29, 1.82) is 0 Å². The second-order valence-corrected chi connectivity index (χ2v) is 6.46. The Hall–Kier alpha value is -3.76. The van der Waals surface area contributed by atoms with Gasteiger partial charge in [0.1, 0.15) is 24.0 Å². The van der Waals surface area contributed by atoms with Crippen LogP contribution < -0.4 is 9.47 Å². The fraction of sp³-hybridized carbons (Fsp3) is 0.174. The Morgan fingerprint density at radius 1 is 0.806 bits per heavy atom. The Bertz CT molecular complexity index is 1130. The molecule has 2 aromatic heterocycles. The Morgan fingerprint density at radius 3 is 1.65 bits per heavy atom. The molecule has 2 heterocycles. The van der Waals surface area contributed by atoms with Crippen molar-refractivity contribution in [2.45, 2.75) is 12.4 Å². The van der Waals surface area contributed by atoms with Crippen molar-refractivity contribution < 1.29 is 18.3 Å². The summed E-state index contributed by atoms with van der Waals surface area (Å²) in [5.74, 6) is 3.06. The van der Waals surface area contributed by atoms with E-state index in [-0.39, 0.29) is 6.54 Å². The molecule has 0 amide bonds. The van der Waals surface area contributed by atoms with E-state index in [9.17, 15) is 0 Å². The zero-order valence-corrected chi connectivity index (χ0v) is 17.8. The highest BCUT2D eigenvalue weighted by Crippen LogP contribution is 2.23. The van der Waals surface area contributed by atoms with E-state index >= 15 is 0 Å². The van der Waals surface area contributed by atoms with E-state index in [2.05, 4.69) is 14.8 Å².